The first-order valence-corrected chi connectivity index (χ1v) is 9.53. The zero-order valence-electron chi connectivity index (χ0n) is 11.9. The van der Waals surface area contributed by atoms with Crippen molar-refractivity contribution in [3.63, 3.8) is 0 Å². The van der Waals surface area contributed by atoms with Crippen molar-refractivity contribution in [3.05, 3.63) is 63.1 Å². The lowest BCUT2D eigenvalue weighted by atomic mass is 10.2. The Balaban J connectivity index is 1.78. The van der Waals surface area contributed by atoms with Crippen LogP contribution >= 0.6 is 58.8 Å². The number of nitrogens with zero attached hydrogens (tertiary/aromatic N) is 1. The lowest BCUT2D eigenvalue weighted by molar-refractivity contribution is 0.458. The summed E-state index contributed by atoms with van der Waals surface area (Å²) in [4.78, 5) is 2.14. The fourth-order valence-corrected chi connectivity index (χ4v) is 4.75. The number of nitrogens with one attached hydrogen (secondary N) is 1. The van der Waals surface area contributed by atoms with Crippen molar-refractivity contribution in [2.75, 3.05) is 17.6 Å². The highest BCUT2D eigenvalue weighted by atomic mass is 35.5. The molecule has 1 fully saturated rings. The molecule has 2 aromatic rings. The van der Waals surface area contributed by atoms with Gasteiger partial charge in [-0.25, -0.2) is 0 Å². The zero-order valence-corrected chi connectivity index (χ0v) is 15.8. The van der Waals surface area contributed by atoms with Crippen LogP contribution in [-0.4, -0.2) is 22.3 Å². The predicted octanol–water partition coefficient (Wildman–Crippen LogP) is 6.09. The van der Waals surface area contributed by atoms with E-state index in [1.165, 1.54) is 0 Å². The van der Waals surface area contributed by atoms with Gasteiger partial charge in [-0.3, -0.25) is 0 Å². The fraction of sp³-hybridized carbons (Fsp3) is 0.188. The second-order valence-electron chi connectivity index (χ2n) is 5.02. The molecule has 1 saturated heterocycles. The van der Waals surface area contributed by atoms with E-state index in [2.05, 4.69) is 10.2 Å². The van der Waals surface area contributed by atoms with Crippen molar-refractivity contribution >= 4 is 69.6 Å². The van der Waals surface area contributed by atoms with Crippen LogP contribution in [0.3, 0.4) is 0 Å². The summed E-state index contributed by atoms with van der Waals surface area (Å²) in [6, 6.07) is 13.1. The highest BCUT2D eigenvalue weighted by Gasteiger charge is 2.30. The van der Waals surface area contributed by atoms with Crippen LogP contribution in [0.4, 0.5) is 5.69 Å². The van der Waals surface area contributed by atoms with Crippen LogP contribution in [0.1, 0.15) is 10.9 Å². The SMILES string of the molecule is S=C(Nc1ccc(Cl)cc1)N1CCS[C@@H]1c1ccc(Cl)cc1Cl. The third kappa shape index (κ3) is 4.06. The molecule has 23 heavy (non-hydrogen) atoms. The van der Waals surface area contributed by atoms with Crippen molar-refractivity contribution in [2.24, 2.45) is 0 Å². The van der Waals surface area contributed by atoms with E-state index >= 15 is 0 Å². The summed E-state index contributed by atoms with van der Waals surface area (Å²) < 4.78 is 0. The molecule has 0 aliphatic carbocycles. The number of thiocarbonyl (C=S) groups is 1. The van der Waals surface area contributed by atoms with E-state index in [0.717, 1.165) is 23.5 Å². The summed E-state index contributed by atoms with van der Waals surface area (Å²) in [6.45, 7) is 0.869. The maximum Gasteiger partial charge on any atom is 0.174 e. The Kier molecular flexibility index (Phi) is 5.60. The molecule has 0 spiro atoms. The summed E-state index contributed by atoms with van der Waals surface area (Å²) in [5.41, 5.74) is 1.94. The molecular formula is C16H13Cl3N2S2. The van der Waals surface area contributed by atoms with Gasteiger partial charge >= 0.3 is 0 Å². The highest BCUT2D eigenvalue weighted by molar-refractivity contribution is 7.99. The minimum absolute atomic E-state index is 0.0899. The summed E-state index contributed by atoms with van der Waals surface area (Å²) in [7, 11) is 0. The molecule has 1 heterocycles. The van der Waals surface area contributed by atoms with E-state index in [4.69, 9.17) is 47.0 Å². The van der Waals surface area contributed by atoms with Crippen LogP contribution in [0.5, 0.6) is 0 Å². The molecule has 0 amide bonds. The van der Waals surface area contributed by atoms with Crippen molar-refractivity contribution in [1.82, 2.24) is 4.90 Å². The van der Waals surface area contributed by atoms with Gasteiger partial charge in [-0.2, -0.15) is 0 Å². The summed E-state index contributed by atoms with van der Waals surface area (Å²) in [6.07, 6.45) is 0. The molecule has 0 saturated carbocycles. The molecule has 2 nitrogen and oxygen atoms in total. The maximum absolute atomic E-state index is 6.35. The number of benzene rings is 2. The Morgan fingerprint density at radius 1 is 1.09 bits per heavy atom. The van der Waals surface area contributed by atoms with Crippen molar-refractivity contribution < 1.29 is 0 Å². The number of rotatable bonds is 2. The largest absolute Gasteiger partial charge is 0.333 e. The van der Waals surface area contributed by atoms with Crippen molar-refractivity contribution in [3.8, 4) is 0 Å². The first-order valence-electron chi connectivity index (χ1n) is 6.94. The molecule has 1 N–H and O–H groups in total. The molecule has 2 aromatic carbocycles. The average molecular weight is 404 g/mol. The smallest absolute Gasteiger partial charge is 0.174 e. The lowest BCUT2D eigenvalue weighted by Gasteiger charge is -2.27. The fourth-order valence-electron chi connectivity index (χ4n) is 2.37. The normalized spacial score (nSPS) is 17.3. The number of hydrogen-bond acceptors (Lipinski definition) is 2. The van der Waals surface area contributed by atoms with Crippen LogP contribution in [0.25, 0.3) is 0 Å². The van der Waals surface area contributed by atoms with Crippen LogP contribution in [0, 0.1) is 0 Å². The Morgan fingerprint density at radius 2 is 1.78 bits per heavy atom. The maximum atomic E-state index is 6.35. The van der Waals surface area contributed by atoms with E-state index in [1.54, 1.807) is 6.07 Å². The van der Waals surface area contributed by atoms with Gasteiger partial charge in [-0.15, -0.1) is 11.8 Å². The molecule has 1 aliphatic heterocycles. The van der Waals surface area contributed by atoms with Gasteiger partial charge < -0.3 is 10.2 Å². The van der Waals surface area contributed by atoms with Gasteiger partial charge in [0.1, 0.15) is 5.37 Å². The van der Waals surface area contributed by atoms with Crippen LogP contribution < -0.4 is 5.32 Å². The first kappa shape index (κ1) is 17.2. The van der Waals surface area contributed by atoms with Crippen LogP contribution in [-0.2, 0) is 0 Å². The molecule has 3 rings (SSSR count). The molecule has 0 bridgehead atoms. The van der Waals surface area contributed by atoms with Crippen molar-refractivity contribution in [1.29, 1.82) is 0 Å². The molecule has 0 radical (unpaired) electrons. The molecule has 7 heteroatoms. The van der Waals surface area contributed by atoms with Crippen LogP contribution in [0.15, 0.2) is 42.5 Å². The van der Waals surface area contributed by atoms with Gasteiger partial charge in [0.25, 0.3) is 0 Å². The second-order valence-corrected chi connectivity index (χ2v) is 7.87. The van der Waals surface area contributed by atoms with E-state index in [-0.39, 0.29) is 5.37 Å². The quantitative estimate of drug-likeness (QED) is 0.610. The third-order valence-electron chi connectivity index (χ3n) is 3.48. The first-order chi connectivity index (χ1) is 11.0. The Hall–Kier alpha value is -0.650. The molecule has 1 aliphatic rings. The lowest BCUT2D eigenvalue weighted by Crippen LogP contribution is -2.34. The molecule has 1 atom stereocenters. The van der Waals surface area contributed by atoms with Crippen molar-refractivity contribution in [2.45, 2.75) is 5.37 Å². The number of hydrogen-bond donors (Lipinski definition) is 1. The van der Waals surface area contributed by atoms with E-state index in [9.17, 15) is 0 Å². The second kappa shape index (κ2) is 7.49. The van der Waals surface area contributed by atoms with Crippen LogP contribution in [0.2, 0.25) is 15.1 Å². The Bertz CT molecular complexity index is 722. The van der Waals surface area contributed by atoms with Gasteiger partial charge in [0.05, 0.1) is 0 Å². The number of halogens is 3. The van der Waals surface area contributed by atoms with E-state index < -0.39 is 0 Å². The Labute approximate surface area is 160 Å². The molecule has 120 valence electrons. The van der Waals surface area contributed by atoms with E-state index in [1.807, 2.05) is 48.2 Å². The molecule has 0 unspecified atom stereocenters. The standard InChI is InChI=1S/C16H13Cl3N2S2/c17-10-1-4-12(5-2-10)20-16(22)21-7-8-23-15(21)13-6-3-11(18)9-14(13)19/h1-6,9,15H,7-8H2,(H,20,22)/t15-/m1/s1. The van der Waals surface area contributed by atoms with Gasteiger partial charge in [0, 0.05) is 38.6 Å². The van der Waals surface area contributed by atoms with Gasteiger partial charge in [0.15, 0.2) is 5.11 Å². The Morgan fingerprint density at radius 3 is 2.48 bits per heavy atom. The average Bonchev–Trinajstić information content (AvgIpc) is 2.99. The number of anilines is 1. The van der Waals surface area contributed by atoms with Gasteiger partial charge in [-0.05, 0) is 48.6 Å². The van der Waals surface area contributed by atoms with Gasteiger partial charge in [-0.1, -0.05) is 40.9 Å². The summed E-state index contributed by atoms with van der Waals surface area (Å²) in [5, 5.41) is 6.02. The minimum Gasteiger partial charge on any atom is -0.333 e. The topological polar surface area (TPSA) is 15.3 Å². The predicted molar refractivity (Wildman–Crippen MR) is 106 cm³/mol. The summed E-state index contributed by atoms with van der Waals surface area (Å²) in [5.74, 6) is 0.992. The highest BCUT2D eigenvalue weighted by Crippen LogP contribution is 2.41. The zero-order chi connectivity index (χ0) is 16.4. The molecular weight excluding hydrogens is 391 g/mol. The third-order valence-corrected chi connectivity index (χ3v) is 5.87. The molecule has 0 aromatic heterocycles. The van der Waals surface area contributed by atoms with Gasteiger partial charge in [0.2, 0.25) is 0 Å². The van der Waals surface area contributed by atoms with E-state index in [0.29, 0.717) is 20.2 Å². The minimum atomic E-state index is 0.0899. The monoisotopic (exact) mass is 402 g/mol. The number of thioether (sulfide) groups is 1. The summed E-state index contributed by atoms with van der Waals surface area (Å²) >= 11 is 25.6.